The average molecular weight is 305 g/mol. The largest absolute Gasteiger partial charge is 0.464 e. The van der Waals surface area contributed by atoms with E-state index in [1.54, 1.807) is 17.6 Å². The standard InChI is InChI=1S/C14H15N3O3S/c18-13(17-8-7-16-14(17)19)15-6-5-10-3-4-12(21-10)11-2-1-9-20-11/h1-4,9H,5-8H2,(H,15,18)(H,16,19). The number of hydrogen-bond acceptors (Lipinski definition) is 4. The van der Waals surface area contributed by atoms with Crippen molar-refractivity contribution in [2.75, 3.05) is 19.6 Å². The number of carbonyl (C=O) groups excluding carboxylic acids is 2. The molecule has 0 atom stereocenters. The van der Waals surface area contributed by atoms with Crippen molar-refractivity contribution < 1.29 is 14.0 Å². The van der Waals surface area contributed by atoms with Gasteiger partial charge in [-0.05, 0) is 30.7 Å². The molecule has 3 rings (SSSR count). The van der Waals surface area contributed by atoms with Gasteiger partial charge in [0.15, 0.2) is 0 Å². The molecule has 3 heterocycles. The number of imide groups is 1. The van der Waals surface area contributed by atoms with Crippen LogP contribution in [0.3, 0.4) is 0 Å². The van der Waals surface area contributed by atoms with E-state index in [0.29, 0.717) is 19.6 Å². The third kappa shape index (κ3) is 3.08. The van der Waals surface area contributed by atoms with E-state index in [-0.39, 0.29) is 12.1 Å². The number of nitrogens with one attached hydrogen (secondary N) is 2. The molecule has 1 fully saturated rings. The van der Waals surface area contributed by atoms with E-state index in [2.05, 4.69) is 10.6 Å². The van der Waals surface area contributed by atoms with E-state index >= 15 is 0 Å². The molecule has 0 aromatic carbocycles. The number of nitrogens with zero attached hydrogens (tertiary/aromatic N) is 1. The molecule has 6 nitrogen and oxygen atoms in total. The summed E-state index contributed by atoms with van der Waals surface area (Å²) in [6.07, 6.45) is 2.38. The van der Waals surface area contributed by atoms with Crippen LogP contribution in [-0.4, -0.2) is 36.6 Å². The summed E-state index contributed by atoms with van der Waals surface area (Å²) < 4.78 is 5.34. The van der Waals surface area contributed by atoms with Gasteiger partial charge in [0.25, 0.3) is 0 Å². The summed E-state index contributed by atoms with van der Waals surface area (Å²) in [7, 11) is 0. The Morgan fingerprint density at radius 2 is 2.33 bits per heavy atom. The first-order chi connectivity index (χ1) is 10.2. The zero-order chi connectivity index (χ0) is 14.7. The van der Waals surface area contributed by atoms with Crippen molar-refractivity contribution in [2.24, 2.45) is 0 Å². The van der Waals surface area contributed by atoms with Crippen LogP contribution in [-0.2, 0) is 6.42 Å². The molecule has 0 unspecified atom stereocenters. The minimum atomic E-state index is -0.340. The molecule has 0 aliphatic carbocycles. The third-order valence-corrected chi connectivity index (χ3v) is 4.33. The Labute approximate surface area is 125 Å². The fraction of sp³-hybridized carbons (Fsp3) is 0.286. The van der Waals surface area contributed by atoms with Crippen LogP contribution in [0.25, 0.3) is 10.6 Å². The summed E-state index contributed by atoms with van der Waals surface area (Å²) in [4.78, 5) is 26.5. The second kappa shape index (κ2) is 6.01. The number of hydrogen-bond donors (Lipinski definition) is 2. The van der Waals surface area contributed by atoms with Crippen molar-refractivity contribution in [3.05, 3.63) is 35.4 Å². The van der Waals surface area contributed by atoms with Gasteiger partial charge in [-0.1, -0.05) is 0 Å². The number of thiophene rings is 1. The normalized spacial score (nSPS) is 14.3. The highest BCUT2D eigenvalue weighted by molar-refractivity contribution is 7.15. The molecule has 0 radical (unpaired) electrons. The van der Waals surface area contributed by atoms with E-state index in [9.17, 15) is 9.59 Å². The maximum absolute atomic E-state index is 11.8. The Hall–Kier alpha value is -2.28. The molecule has 2 aromatic rings. The van der Waals surface area contributed by atoms with Crippen LogP contribution < -0.4 is 10.6 Å². The van der Waals surface area contributed by atoms with Gasteiger partial charge in [-0.15, -0.1) is 11.3 Å². The van der Waals surface area contributed by atoms with Crippen molar-refractivity contribution >= 4 is 23.4 Å². The molecule has 110 valence electrons. The smallest absolute Gasteiger partial charge is 0.325 e. The second-order valence-electron chi connectivity index (χ2n) is 4.61. The lowest BCUT2D eigenvalue weighted by Crippen LogP contribution is -2.42. The number of urea groups is 2. The van der Waals surface area contributed by atoms with Gasteiger partial charge in [0, 0.05) is 24.5 Å². The Balaban J connectivity index is 1.49. The molecule has 4 amide bonds. The van der Waals surface area contributed by atoms with E-state index < -0.39 is 0 Å². The minimum absolute atomic E-state index is 0.330. The van der Waals surface area contributed by atoms with Crippen molar-refractivity contribution in [2.45, 2.75) is 6.42 Å². The van der Waals surface area contributed by atoms with E-state index in [1.165, 1.54) is 4.90 Å². The summed E-state index contributed by atoms with van der Waals surface area (Å²) in [5, 5.41) is 5.35. The molecule has 0 bridgehead atoms. The van der Waals surface area contributed by atoms with Crippen molar-refractivity contribution in [1.29, 1.82) is 0 Å². The molecular weight excluding hydrogens is 290 g/mol. The van der Waals surface area contributed by atoms with Gasteiger partial charge in [-0.2, -0.15) is 0 Å². The maximum atomic E-state index is 11.8. The molecule has 0 saturated carbocycles. The molecular formula is C14H15N3O3S. The number of rotatable bonds is 4. The Morgan fingerprint density at radius 3 is 3.05 bits per heavy atom. The zero-order valence-corrected chi connectivity index (χ0v) is 12.1. The Morgan fingerprint density at radius 1 is 1.43 bits per heavy atom. The highest BCUT2D eigenvalue weighted by atomic mass is 32.1. The van der Waals surface area contributed by atoms with Gasteiger partial charge in [-0.3, -0.25) is 0 Å². The molecule has 2 N–H and O–H groups in total. The van der Waals surface area contributed by atoms with Gasteiger partial charge in [0.05, 0.1) is 11.1 Å². The molecule has 7 heteroatoms. The molecule has 2 aromatic heterocycles. The topological polar surface area (TPSA) is 74.6 Å². The molecule has 21 heavy (non-hydrogen) atoms. The van der Waals surface area contributed by atoms with E-state index in [1.807, 2.05) is 24.3 Å². The van der Waals surface area contributed by atoms with Gasteiger partial charge in [-0.25, -0.2) is 14.5 Å². The van der Waals surface area contributed by atoms with Crippen molar-refractivity contribution in [3.63, 3.8) is 0 Å². The summed E-state index contributed by atoms with van der Waals surface area (Å²) in [6.45, 7) is 1.44. The Kier molecular flexibility index (Phi) is 3.92. The summed E-state index contributed by atoms with van der Waals surface area (Å²) in [5.41, 5.74) is 0. The van der Waals surface area contributed by atoms with Gasteiger partial charge < -0.3 is 15.1 Å². The van der Waals surface area contributed by atoms with Gasteiger partial charge in [0.1, 0.15) is 5.76 Å². The predicted molar refractivity (Wildman–Crippen MR) is 79.2 cm³/mol. The van der Waals surface area contributed by atoms with Crippen LogP contribution in [0.1, 0.15) is 4.88 Å². The monoisotopic (exact) mass is 305 g/mol. The molecule has 1 saturated heterocycles. The fourth-order valence-electron chi connectivity index (χ4n) is 2.12. The van der Waals surface area contributed by atoms with Crippen LogP contribution in [0.15, 0.2) is 34.9 Å². The molecule has 1 aliphatic rings. The number of amides is 4. The van der Waals surface area contributed by atoms with Crippen LogP contribution in [0, 0.1) is 0 Å². The molecule has 0 spiro atoms. The second-order valence-corrected chi connectivity index (χ2v) is 5.78. The summed E-state index contributed by atoms with van der Waals surface area (Å²) in [6, 6.07) is 7.14. The lowest BCUT2D eigenvalue weighted by Gasteiger charge is -2.12. The quantitative estimate of drug-likeness (QED) is 0.910. The van der Waals surface area contributed by atoms with E-state index in [4.69, 9.17) is 4.42 Å². The predicted octanol–water partition coefficient (Wildman–Crippen LogP) is 2.29. The number of carbonyl (C=O) groups is 2. The van der Waals surface area contributed by atoms with Crippen molar-refractivity contribution in [1.82, 2.24) is 15.5 Å². The first-order valence-electron chi connectivity index (χ1n) is 6.70. The molecule has 1 aliphatic heterocycles. The summed E-state index contributed by atoms with van der Waals surface area (Å²) >= 11 is 1.64. The Bertz CT molecular complexity index is 636. The first kappa shape index (κ1) is 13.7. The first-order valence-corrected chi connectivity index (χ1v) is 7.51. The maximum Gasteiger partial charge on any atom is 0.325 e. The van der Waals surface area contributed by atoms with Crippen LogP contribution in [0.4, 0.5) is 9.59 Å². The third-order valence-electron chi connectivity index (χ3n) is 3.18. The minimum Gasteiger partial charge on any atom is -0.464 e. The zero-order valence-electron chi connectivity index (χ0n) is 11.3. The lowest BCUT2D eigenvalue weighted by molar-refractivity contribution is 0.199. The number of furan rings is 1. The summed E-state index contributed by atoms with van der Waals surface area (Å²) in [5.74, 6) is 0.851. The SMILES string of the molecule is O=C(NCCc1ccc(-c2ccco2)s1)N1CCNC1=O. The van der Waals surface area contributed by atoms with Crippen molar-refractivity contribution in [3.8, 4) is 10.6 Å². The lowest BCUT2D eigenvalue weighted by atomic mass is 10.3. The van der Waals surface area contributed by atoms with Gasteiger partial charge in [0.2, 0.25) is 0 Å². The van der Waals surface area contributed by atoms with Gasteiger partial charge >= 0.3 is 12.1 Å². The average Bonchev–Trinajstić information content (AvgIpc) is 3.19. The van der Waals surface area contributed by atoms with Crippen LogP contribution >= 0.6 is 11.3 Å². The van der Waals surface area contributed by atoms with Crippen LogP contribution in [0.5, 0.6) is 0 Å². The van der Waals surface area contributed by atoms with E-state index in [0.717, 1.165) is 21.9 Å². The highest BCUT2D eigenvalue weighted by Crippen LogP contribution is 2.28. The van der Waals surface area contributed by atoms with Crippen LogP contribution in [0.2, 0.25) is 0 Å². The fourth-order valence-corrected chi connectivity index (χ4v) is 3.09. The highest BCUT2D eigenvalue weighted by Gasteiger charge is 2.25.